The smallest absolute Gasteiger partial charge is 0.252 e. The Morgan fingerprint density at radius 2 is 2.04 bits per heavy atom. The lowest BCUT2D eigenvalue weighted by atomic mass is 10.1. The molecule has 25 heavy (non-hydrogen) atoms. The van der Waals surface area contributed by atoms with Crippen molar-refractivity contribution in [1.82, 2.24) is 14.8 Å². The van der Waals surface area contributed by atoms with Gasteiger partial charge < -0.3 is 5.32 Å². The molecular weight excluding hydrogens is 318 g/mol. The Labute approximate surface area is 144 Å². The van der Waals surface area contributed by atoms with E-state index in [1.807, 2.05) is 49.4 Å². The van der Waals surface area contributed by atoms with Gasteiger partial charge in [0.25, 0.3) is 5.91 Å². The van der Waals surface area contributed by atoms with Crippen LogP contribution < -0.4 is 10.6 Å². The van der Waals surface area contributed by atoms with Gasteiger partial charge in [-0.15, -0.1) is 0 Å². The summed E-state index contributed by atoms with van der Waals surface area (Å²) in [6.45, 7) is 1.94. The SMILES string of the molecule is CCc1nc2n(n1)[C@@H](CC(=O)Nc1cccc3ccccc13)C(=O)N2. The number of benzene rings is 2. The third-order valence-corrected chi connectivity index (χ3v) is 4.27. The molecule has 1 aliphatic rings. The highest BCUT2D eigenvalue weighted by molar-refractivity contribution is 6.04. The summed E-state index contributed by atoms with van der Waals surface area (Å²) in [5.41, 5.74) is 0.731. The summed E-state index contributed by atoms with van der Waals surface area (Å²) in [5.74, 6) is 0.558. The van der Waals surface area contributed by atoms with Crippen LogP contribution in [0.3, 0.4) is 0 Å². The molecule has 2 N–H and O–H groups in total. The van der Waals surface area contributed by atoms with Crippen LogP contribution in [0.5, 0.6) is 0 Å². The lowest BCUT2D eigenvalue weighted by Crippen LogP contribution is -2.24. The molecule has 0 fully saturated rings. The molecule has 0 saturated heterocycles. The molecule has 0 unspecified atom stereocenters. The maximum atomic E-state index is 12.5. The first kappa shape index (κ1) is 15.3. The lowest BCUT2D eigenvalue weighted by molar-refractivity contribution is -0.123. The predicted molar refractivity (Wildman–Crippen MR) is 94.3 cm³/mol. The van der Waals surface area contributed by atoms with Crippen molar-refractivity contribution in [3.05, 3.63) is 48.3 Å². The summed E-state index contributed by atoms with van der Waals surface area (Å²) in [6.07, 6.45) is 0.680. The van der Waals surface area contributed by atoms with E-state index in [-0.39, 0.29) is 18.2 Å². The van der Waals surface area contributed by atoms with Crippen LogP contribution in [-0.4, -0.2) is 26.6 Å². The number of carbonyl (C=O) groups excluding carboxylic acids is 2. The maximum Gasteiger partial charge on any atom is 0.252 e. The Kier molecular flexibility index (Phi) is 3.68. The van der Waals surface area contributed by atoms with Crippen LogP contribution >= 0.6 is 0 Å². The molecule has 0 saturated carbocycles. The average molecular weight is 335 g/mol. The highest BCUT2D eigenvalue weighted by Crippen LogP contribution is 2.27. The lowest BCUT2D eigenvalue weighted by Gasteiger charge is -2.11. The zero-order valence-corrected chi connectivity index (χ0v) is 13.7. The number of aromatic nitrogens is 3. The molecule has 4 rings (SSSR count). The first-order chi connectivity index (χ1) is 12.2. The van der Waals surface area contributed by atoms with Gasteiger partial charge in [-0.3, -0.25) is 14.9 Å². The summed E-state index contributed by atoms with van der Waals surface area (Å²) in [5, 5.41) is 11.9. The number of anilines is 2. The minimum atomic E-state index is -0.669. The van der Waals surface area contributed by atoms with Gasteiger partial charge in [-0.1, -0.05) is 43.3 Å². The first-order valence-corrected chi connectivity index (χ1v) is 8.19. The number of amides is 2. The molecule has 1 aromatic heterocycles. The van der Waals surface area contributed by atoms with Gasteiger partial charge in [0.2, 0.25) is 11.9 Å². The normalized spacial score (nSPS) is 15.9. The van der Waals surface area contributed by atoms with Crippen LogP contribution in [0.1, 0.15) is 25.2 Å². The molecular formula is C18H17N5O2. The molecule has 3 aromatic rings. The fraction of sp³-hybridized carbons (Fsp3) is 0.222. The first-order valence-electron chi connectivity index (χ1n) is 8.19. The van der Waals surface area contributed by atoms with Crippen LogP contribution in [0.25, 0.3) is 10.8 Å². The monoisotopic (exact) mass is 335 g/mol. The maximum absolute atomic E-state index is 12.5. The van der Waals surface area contributed by atoms with E-state index in [2.05, 4.69) is 20.7 Å². The number of nitrogens with one attached hydrogen (secondary N) is 2. The van der Waals surface area contributed by atoms with E-state index >= 15 is 0 Å². The van der Waals surface area contributed by atoms with Gasteiger partial charge in [0.15, 0.2) is 5.82 Å². The Bertz CT molecular complexity index is 973. The number of hydrogen-bond acceptors (Lipinski definition) is 4. The molecule has 126 valence electrons. The Morgan fingerprint density at radius 3 is 2.88 bits per heavy atom. The Balaban J connectivity index is 1.54. The van der Waals surface area contributed by atoms with E-state index in [0.29, 0.717) is 18.2 Å². The average Bonchev–Trinajstić information content (AvgIpc) is 3.14. The minimum absolute atomic E-state index is 0.00850. The summed E-state index contributed by atoms with van der Waals surface area (Å²) in [6, 6.07) is 12.9. The minimum Gasteiger partial charge on any atom is -0.325 e. The molecule has 2 aromatic carbocycles. The zero-order chi connectivity index (χ0) is 17.4. The van der Waals surface area contributed by atoms with Gasteiger partial charge in [-0.25, -0.2) is 4.68 Å². The van der Waals surface area contributed by atoms with Gasteiger partial charge in [-0.05, 0) is 11.5 Å². The molecule has 2 heterocycles. The third-order valence-electron chi connectivity index (χ3n) is 4.27. The van der Waals surface area contributed by atoms with E-state index in [0.717, 1.165) is 16.5 Å². The van der Waals surface area contributed by atoms with Crippen molar-refractivity contribution in [1.29, 1.82) is 0 Å². The number of nitrogens with zero attached hydrogens (tertiary/aromatic N) is 3. The van der Waals surface area contributed by atoms with Crippen molar-refractivity contribution in [3.8, 4) is 0 Å². The molecule has 0 bridgehead atoms. The van der Waals surface area contributed by atoms with Gasteiger partial charge in [0.1, 0.15) is 6.04 Å². The molecule has 0 spiro atoms. The highest BCUT2D eigenvalue weighted by atomic mass is 16.2. The molecule has 1 aliphatic heterocycles. The molecule has 7 heteroatoms. The van der Waals surface area contributed by atoms with E-state index in [1.165, 1.54) is 4.68 Å². The number of fused-ring (bicyclic) bond motifs is 2. The van der Waals surface area contributed by atoms with Crippen LogP contribution in [0.4, 0.5) is 11.6 Å². The van der Waals surface area contributed by atoms with Crippen molar-refractivity contribution in [3.63, 3.8) is 0 Å². The predicted octanol–water partition coefficient (Wildman–Crippen LogP) is 2.52. The topological polar surface area (TPSA) is 88.9 Å². The van der Waals surface area contributed by atoms with E-state index in [4.69, 9.17) is 0 Å². The number of carbonyl (C=O) groups is 2. The second-order valence-corrected chi connectivity index (χ2v) is 5.93. The van der Waals surface area contributed by atoms with Gasteiger partial charge in [0, 0.05) is 17.5 Å². The molecule has 0 aliphatic carbocycles. The molecule has 0 radical (unpaired) electrons. The quantitative estimate of drug-likeness (QED) is 0.767. The molecule has 2 amide bonds. The Morgan fingerprint density at radius 1 is 1.24 bits per heavy atom. The second-order valence-electron chi connectivity index (χ2n) is 5.93. The summed E-state index contributed by atoms with van der Waals surface area (Å²) in [4.78, 5) is 28.8. The summed E-state index contributed by atoms with van der Waals surface area (Å²) >= 11 is 0. The van der Waals surface area contributed by atoms with E-state index in [9.17, 15) is 9.59 Å². The number of hydrogen-bond donors (Lipinski definition) is 2. The van der Waals surface area contributed by atoms with Gasteiger partial charge in [-0.2, -0.15) is 10.1 Å². The van der Waals surface area contributed by atoms with Crippen molar-refractivity contribution in [2.75, 3.05) is 10.6 Å². The molecule has 1 atom stereocenters. The standard InChI is InChI=1S/C18H17N5O2/c1-2-15-20-18-21-17(25)14(23(18)22-15)10-16(24)19-13-9-5-7-11-6-3-4-8-12(11)13/h3-9,14H,2,10H2,1H3,(H,19,24)(H,20,21,22,25)/t14-/m0/s1. The van der Waals surface area contributed by atoms with Crippen molar-refractivity contribution in [2.24, 2.45) is 0 Å². The number of aryl methyl sites for hydroxylation is 1. The fourth-order valence-corrected chi connectivity index (χ4v) is 3.01. The largest absolute Gasteiger partial charge is 0.325 e. The summed E-state index contributed by atoms with van der Waals surface area (Å²) in [7, 11) is 0. The molecule has 7 nitrogen and oxygen atoms in total. The van der Waals surface area contributed by atoms with E-state index < -0.39 is 6.04 Å². The van der Waals surface area contributed by atoms with E-state index in [1.54, 1.807) is 0 Å². The van der Waals surface area contributed by atoms with Crippen molar-refractivity contribution in [2.45, 2.75) is 25.8 Å². The highest BCUT2D eigenvalue weighted by Gasteiger charge is 2.34. The summed E-state index contributed by atoms with van der Waals surface area (Å²) < 4.78 is 1.50. The number of rotatable bonds is 4. The van der Waals surface area contributed by atoms with Crippen LogP contribution in [0, 0.1) is 0 Å². The van der Waals surface area contributed by atoms with Crippen LogP contribution in [0.2, 0.25) is 0 Å². The fourth-order valence-electron chi connectivity index (χ4n) is 3.01. The van der Waals surface area contributed by atoms with Crippen molar-refractivity contribution < 1.29 is 9.59 Å². The Hall–Kier alpha value is -3.22. The van der Waals surface area contributed by atoms with Crippen molar-refractivity contribution >= 4 is 34.2 Å². The zero-order valence-electron chi connectivity index (χ0n) is 13.7. The second kappa shape index (κ2) is 6.01. The third kappa shape index (κ3) is 2.73. The van der Waals surface area contributed by atoms with Gasteiger partial charge >= 0.3 is 0 Å². The van der Waals surface area contributed by atoms with Crippen LogP contribution in [-0.2, 0) is 16.0 Å². The van der Waals surface area contributed by atoms with Gasteiger partial charge in [0.05, 0.1) is 6.42 Å². The van der Waals surface area contributed by atoms with Crippen LogP contribution in [0.15, 0.2) is 42.5 Å².